The van der Waals surface area contributed by atoms with Crippen molar-refractivity contribution < 1.29 is 10.2 Å². The maximum Gasteiger partial charge on any atom is 0.0540 e. The van der Waals surface area contributed by atoms with Gasteiger partial charge < -0.3 is 10.2 Å². The molecule has 1 atom stereocenters. The van der Waals surface area contributed by atoms with Crippen molar-refractivity contribution in [3.8, 4) is 0 Å². The van der Waals surface area contributed by atoms with Gasteiger partial charge in [0.15, 0.2) is 0 Å². The molecule has 0 amide bonds. The highest BCUT2D eigenvalue weighted by molar-refractivity contribution is 4.64. The average Bonchev–Trinajstić information content (AvgIpc) is 2.02. The maximum absolute atomic E-state index is 9.59. The zero-order chi connectivity index (χ0) is 11.0. The summed E-state index contributed by atoms with van der Waals surface area (Å²) < 4.78 is 0. The molecule has 0 aromatic carbocycles. The standard InChI is InChI=1S/C12H26O2/c1-12(2,3)9-6-8-11(14)7-4-5-10-13/h11,13-14H,4-10H2,1-3H3/t11-/m1/s1. The van der Waals surface area contributed by atoms with E-state index in [0.717, 1.165) is 32.1 Å². The summed E-state index contributed by atoms with van der Waals surface area (Å²) in [4.78, 5) is 0. The van der Waals surface area contributed by atoms with E-state index >= 15 is 0 Å². The van der Waals surface area contributed by atoms with E-state index in [0.29, 0.717) is 5.41 Å². The van der Waals surface area contributed by atoms with Crippen LogP contribution in [0.25, 0.3) is 0 Å². The van der Waals surface area contributed by atoms with Gasteiger partial charge in [-0.25, -0.2) is 0 Å². The Hall–Kier alpha value is -0.0800. The van der Waals surface area contributed by atoms with E-state index in [9.17, 15) is 5.11 Å². The van der Waals surface area contributed by atoms with Crippen LogP contribution < -0.4 is 0 Å². The van der Waals surface area contributed by atoms with Gasteiger partial charge in [0.1, 0.15) is 0 Å². The number of aliphatic hydroxyl groups is 2. The summed E-state index contributed by atoms with van der Waals surface area (Å²) in [5.41, 5.74) is 0.380. The van der Waals surface area contributed by atoms with E-state index in [1.54, 1.807) is 0 Å². The Kier molecular flexibility index (Phi) is 7.20. The van der Waals surface area contributed by atoms with Gasteiger partial charge in [0.05, 0.1) is 6.10 Å². The second-order valence-electron chi connectivity index (χ2n) is 5.33. The minimum absolute atomic E-state index is 0.163. The summed E-state index contributed by atoms with van der Waals surface area (Å²) in [5, 5.41) is 18.2. The van der Waals surface area contributed by atoms with Gasteiger partial charge in [-0.05, 0) is 37.5 Å². The van der Waals surface area contributed by atoms with Crippen molar-refractivity contribution in [3.63, 3.8) is 0 Å². The molecule has 0 saturated carbocycles. The molecular weight excluding hydrogens is 176 g/mol. The van der Waals surface area contributed by atoms with Crippen molar-refractivity contribution in [1.82, 2.24) is 0 Å². The van der Waals surface area contributed by atoms with Crippen LogP contribution in [0, 0.1) is 5.41 Å². The molecule has 0 fully saturated rings. The minimum atomic E-state index is -0.163. The largest absolute Gasteiger partial charge is 0.396 e. The highest BCUT2D eigenvalue weighted by atomic mass is 16.3. The third-order valence-electron chi connectivity index (χ3n) is 2.41. The number of rotatable bonds is 7. The molecule has 0 heterocycles. The van der Waals surface area contributed by atoms with Gasteiger partial charge in [-0.2, -0.15) is 0 Å². The molecule has 14 heavy (non-hydrogen) atoms. The predicted molar refractivity (Wildman–Crippen MR) is 60.2 cm³/mol. The lowest BCUT2D eigenvalue weighted by atomic mass is 9.89. The highest BCUT2D eigenvalue weighted by Gasteiger charge is 2.11. The first-order valence-electron chi connectivity index (χ1n) is 5.74. The Labute approximate surface area is 88.3 Å². The van der Waals surface area contributed by atoms with Crippen LogP contribution in [-0.2, 0) is 0 Å². The molecule has 0 spiro atoms. The molecule has 0 aliphatic rings. The van der Waals surface area contributed by atoms with Crippen LogP contribution in [0.5, 0.6) is 0 Å². The molecule has 0 aromatic heterocycles. The van der Waals surface area contributed by atoms with Crippen LogP contribution in [0.15, 0.2) is 0 Å². The number of unbranched alkanes of at least 4 members (excludes halogenated alkanes) is 1. The Morgan fingerprint density at radius 3 is 2.07 bits per heavy atom. The lowest BCUT2D eigenvalue weighted by molar-refractivity contribution is 0.140. The zero-order valence-corrected chi connectivity index (χ0v) is 9.92. The molecule has 0 rings (SSSR count). The van der Waals surface area contributed by atoms with Gasteiger partial charge in [0, 0.05) is 6.61 Å². The van der Waals surface area contributed by atoms with Crippen molar-refractivity contribution >= 4 is 0 Å². The van der Waals surface area contributed by atoms with E-state index in [4.69, 9.17) is 5.11 Å². The van der Waals surface area contributed by atoms with Crippen LogP contribution in [0.4, 0.5) is 0 Å². The van der Waals surface area contributed by atoms with Crippen molar-refractivity contribution in [2.24, 2.45) is 5.41 Å². The van der Waals surface area contributed by atoms with Gasteiger partial charge in [-0.3, -0.25) is 0 Å². The zero-order valence-electron chi connectivity index (χ0n) is 9.92. The average molecular weight is 202 g/mol. The smallest absolute Gasteiger partial charge is 0.0540 e. The van der Waals surface area contributed by atoms with Gasteiger partial charge in [0.2, 0.25) is 0 Å². The number of aliphatic hydroxyl groups excluding tert-OH is 2. The molecule has 0 saturated heterocycles. The minimum Gasteiger partial charge on any atom is -0.396 e. The normalized spacial score (nSPS) is 14.4. The Balaban J connectivity index is 3.31. The predicted octanol–water partition coefficient (Wildman–Crippen LogP) is 2.73. The second-order valence-corrected chi connectivity index (χ2v) is 5.33. The third-order valence-corrected chi connectivity index (χ3v) is 2.41. The molecule has 0 bridgehead atoms. The first-order valence-corrected chi connectivity index (χ1v) is 5.74. The van der Waals surface area contributed by atoms with Gasteiger partial charge in [-0.1, -0.05) is 27.2 Å². The van der Waals surface area contributed by atoms with Crippen LogP contribution in [0.1, 0.15) is 59.3 Å². The molecule has 0 unspecified atom stereocenters. The van der Waals surface area contributed by atoms with Gasteiger partial charge in [0.25, 0.3) is 0 Å². The molecule has 0 aliphatic heterocycles. The second kappa shape index (κ2) is 7.24. The van der Waals surface area contributed by atoms with Crippen molar-refractivity contribution in [3.05, 3.63) is 0 Å². The molecule has 0 aliphatic carbocycles. The van der Waals surface area contributed by atoms with Gasteiger partial charge >= 0.3 is 0 Å². The van der Waals surface area contributed by atoms with Crippen LogP contribution in [-0.4, -0.2) is 22.9 Å². The quantitative estimate of drug-likeness (QED) is 0.623. The SMILES string of the molecule is CC(C)(C)CCC[C@H](O)CCCCO. The van der Waals surface area contributed by atoms with Crippen molar-refractivity contribution in [1.29, 1.82) is 0 Å². The summed E-state index contributed by atoms with van der Waals surface area (Å²) in [7, 11) is 0. The lowest BCUT2D eigenvalue weighted by Gasteiger charge is -2.18. The Morgan fingerprint density at radius 2 is 1.57 bits per heavy atom. The third kappa shape index (κ3) is 10.0. The molecule has 2 nitrogen and oxygen atoms in total. The molecular formula is C12H26O2. The topological polar surface area (TPSA) is 40.5 Å². The molecule has 86 valence electrons. The number of hydrogen-bond donors (Lipinski definition) is 2. The highest BCUT2D eigenvalue weighted by Crippen LogP contribution is 2.22. The molecule has 2 N–H and O–H groups in total. The summed E-state index contributed by atoms with van der Waals surface area (Å²) in [6.45, 7) is 6.93. The lowest BCUT2D eigenvalue weighted by Crippen LogP contribution is -2.10. The molecule has 2 heteroatoms. The van der Waals surface area contributed by atoms with Crippen molar-refractivity contribution in [2.45, 2.75) is 65.4 Å². The fourth-order valence-electron chi connectivity index (χ4n) is 1.50. The maximum atomic E-state index is 9.59. The molecule has 0 radical (unpaired) electrons. The van der Waals surface area contributed by atoms with E-state index in [-0.39, 0.29) is 12.7 Å². The Bertz CT molecular complexity index is 127. The van der Waals surface area contributed by atoms with E-state index in [1.807, 2.05) is 0 Å². The van der Waals surface area contributed by atoms with Crippen LogP contribution in [0.3, 0.4) is 0 Å². The fraction of sp³-hybridized carbons (Fsp3) is 1.00. The summed E-state index contributed by atoms with van der Waals surface area (Å²) in [5.74, 6) is 0. The Morgan fingerprint density at radius 1 is 1.00 bits per heavy atom. The fourth-order valence-corrected chi connectivity index (χ4v) is 1.50. The summed E-state index contributed by atoms with van der Waals surface area (Å²) >= 11 is 0. The monoisotopic (exact) mass is 202 g/mol. The molecule has 0 aromatic rings. The van der Waals surface area contributed by atoms with Crippen LogP contribution >= 0.6 is 0 Å². The van der Waals surface area contributed by atoms with E-state index < -0.39 is 0 Å². The van der Waals surface area contributed by atoms with E-state index in [2.05, 4.69) is 20.8 Å². The first-order chi connectivity index (χ1) is 6.45. The first kappa shape index (κ1) is 13.9. The van der Waals surface area contributed by atoms with E-state index in [1.165, 1.54) is 6.42 Å². The number of hydrogen-bond acceptors (Lipinski definition) is 2. The van der Waals surface area contributed by atoms with Crippen molar-refractivity contribution in [2.75, 3.05) is 6.61 Å². The van der Waals surface area contributed by atoms with Crippen LogP contribution in [0.2, 0.25) is 0 Å². The summed E-state index contributed by atoms with van der Waals surface area (Å²) in [6.07, 6.45) is 5.61. The summed E-state index contributed by atoms with van der Waals surface area (Å²) in [6, 6.07) is 0. The van der Waals surface area contributed by atoms with Gasteiger partial charge in [-0.15, -0.1) is 0 Å².